The number of aromatic nitrogens is 4. The van der Waals surface area contributed by atoms with Crippen LogP contribution in [0.25, 0.3) is 5.69 Å². The van der Waals surface area contributed by atoms with Gasteiger partial charge in [-0.1, -0.05) is 6.07 Å². The van der Waals surface area contributed by atoms with Crippen LogP contribution in [0.4, 0.5) is 17.6 Å². The van der Waals surface area contributed by atoms with Crippen molar-refractivity contribution in [3.8, 4) is 17.2 Å². The van der Waals surface area contributed by atoms with Gasteiger partial charge < -0.3 is 8.92 Å². The second-order valence-corrected chi connectivity index (χ2v) is 6.39. The van der Waals surface area contributed by atoms with E-state index in [0.29, 0.717) is 0 Å². The summed E-state index contributed by atoms with van der Waals surface area (Å²) in [6.07, 6.45) is 1.20. The Bertz CT molecular complexity index is 1080. The maximum Gasteiger partial charge on any atom is 0.345 e. The first-order valence-electron chi connectivity index (χ1n) is 6.94. The van der Waals surface area contributed by atoms with Crippen molar-refractivity contribution >= 4 is 10.1 Å². The SMILES string of the molecule is COc1c(F)c(F)c(S(=O)(=O)Oc2cccc(-n3cnnn3)c2)c(F)c1F. The zero-order chi connectivity index (χ0) is 19.8. The monoisotopic (exact) mass is 404 g/mol. The lowest BCUT2D eigenvalue weighted by atomic mass is 10.3. The summed E-state index contributed by atoms with van der Waals surface area (Å²) in [5.41, 5.74) is 0.251. The van der Waals surface area contributed by atoms with Crippen molar-refractivity contribution in [2.45, 2.75) is 4.90 Å². The van der Waals surface area contributed by atoms with Crippen LogP contribution >= 0.6 is 0 Å². The molecule has 0 N–H and O–H groups in total. The van der Waals surface area contributed by atoms with E-state index in [9.17, 15) is 26.0 Å². The van der Waals surface area contributed by atoms with Gasteiger partial charge in [0.15, 0.2) is 22.3 Å². The summed E-state index contributed by atoms with van der Waals surface area (Å²) in [4.78, 5) is -1.92. The van der Waals surface area contributed by atoms with E-state index in [2.05, 4.69) is 24.4 Å². The molecule has 1 heterocycles. The molecule has 0 atom stereocenters. The van der Waals surface area contributed by atoms with Crippen molar-refractivity contribution < 1.29 is 34.9 Å². The van der Waals surface area contributed by atoms with Crippen molar-refractivity contribution in [2.24, 2.45) is 0 Å². The van der Waals surface area contributed by atoms with Crippen LogP contribution in [0.2, 0.25) is 0 Å². The van der Waals surface area contributed by atoms with Gasteiger partial charge in [0.05, 0.1) is 12.8 Å². The Morgan fingerprint density at radius 3 is 2.26 bits per heavy atom. The lowest BCUT2D eigenvalue weighted by Crippen LogP contribution is -2.17. The van der Waals surface area contributed by atoms with Crippen LogP contribution in [-0.4, -0.2) is 35.7 Å². The Labute approximate surface area is 149 Å². The fourth-order valence-electron chi connectivity index (χ4n) is 2.12. The lowest BCUT2D eigenvalue weighted by molar-refractivity contribution is 0.320. The molecule has 0 saturated heterocycles. The van der Waals surface area contributed by atoms with Gasteiger partial charge in [0.25, 0.3) is 0 Å². The Hall–Kier alpha value is -3.22. The van der Waals surface area contributed by atoms with E-state index in [-0.39, 0.29) is 5.69 Å². The minimum Gasteiger partial charge on any atom is -0.491 e. The third-order valence-electron chi connectivity index (χ3n) is 3.27. The first-order valence-corrected chi connectivity index (χ1v) is 8.35. The molecule has 3 aromatic rings. The third kappa shape index (κ3) is 3.28. The van der Waals surface area contributed by atoms with Crippen LogP contribution in [0.15, 0.2) is 35.5 Å². The van der Waals surface area contributed by atoms with Gasteiger partial charge in [-0.05, 0) is 22.6 Å². The molecular weight excluding hydrogens is 396 g/mol. The number of halogens is 4. The molecule has 0 amide bonds. The van der Waals surface area contributed by atoms with Gasteiger partial charge in [-0.25, -0.2) is 13.5 Å². The van der Waals surface area contributed by atoms with Crippen LogP contribution in [0.1, 0.15) is 0 Å². The summed E-state index contributed by atoms with van der Waals surface area (Å²) in [7, 11) is -4.52. The molecule has 3 rings (SSSR count). The van der Waals surface area contributed by atoms with E-state index in [1.165, 1.54) is 18.5 Å². The quantitative estimate of drug-likeness (QED) is 0.365. The van der Waals surface area contributed by atoms with Crippen LogP contribution in [0, 0.1) is 23.3 Å². The lowest BCUT2D eigenvalue weighted by Gasteiger charge is -2.12. The van der Waals surface area contributed by atoms with Crippen LogP contribution < -0.4 is 8.92 Å². The van der Waals surface area contributed by atoms with E-state index < -0.39 is 49.8 Å². The maximum absolute atomic E-state index is 14.0. The van der Waals surface area contributed by atoms with Gasteiger partial charge >= 0.3 is 10.1 Å². The van der Waals surface area contributed by atoms with Gasteiger partial charge in [0.1, 0.15) is 12.1 Å². The maximum atomic E-state index is 14.0. The van der Waals surface area contributed by atoms with Crippen LogP contribution in [0.5, 0.6) is 11.5 Å². The van der Waals surface area contributed by atoms with Gasteiger partial charge in [-0.2, -0.15) is 17.2 Å². The summed E-state index contributed by atoms with van der Waals surface area (Å²) >= 11 is 0. The highest BCUT2D eigenvalue weighted by molar-refractivity contribution is 7.87. The number of ether oxygens (including phenoxy) is 1. The summed E-state index contributed by atoms with van der Waals surface area (Å²) in [5.74, 6) is -10.2. The number of methoxy groups -OCH3 is 1. The molecule has 0 radical (unpaired) electrons. The topological polar surface area (TPSA) is 96.2 Å². The average molecular weight is 404 g/mol. The number of rotatable bonds is 5. The molecule has 0 aliphatic rings. The molecule has 8 nitrogen and oxygen atoms in total. The van der Waals surface area contributed by atoms with Crippen molar-refractivity contribution in [2.75, 3.05) is 7.11 Å². The highest BCUT2D eigenvalue weighted by atomic mass is 32.2. The zero-order valence-electron chi connectivity index (χ0n) is 13.2. The Kier molecular flexibility index (Phi) is 4.70. The standard InChI is InChI=1S/C14H8F4N4O4S/c1-25-13-9(15)11(17)14(12(18)10(13)16)27(23,24)26-8-4-2-3-7(5-8)22-6-19-20-21-22/h2-6H,1H3. The molecule has 13 heteroatoms. The minimum absolute atomic E-state index is 0.251. The van der Waals surface area contributed by atoms with Crippen molar-refractivity contribution in [3.05, 3.63) is 53.9 Å². The Morgan fingerprint density at radius 2 is 1.70 bits per heavy atom. The van der Waals surface area contributed by atoms with E-state index in [4.69, 9.17) is 0 Å². The largest absolute Gasteiger partial charge is 0.491 e. The third-order valence-corrected chi connectivity index (χ3v) is 4.54. The Balaban J connectivity index is 2.05. The molecule has 0 aliphatic heterocycles. The zero-order valence-corrected chi connectivity index (χ0v) is 14.0. The van der Waals surface area contributed by atoms with Crippen molar-refractivity contribution in [3.63, 3.8) is 0 Å². The molecule has 0 bridgehead atoms. The number of hydrogen-bond donors (Lipinski definition) is 0. The molecule has 0 spiro atoms. The van der Waals surface area contributed by atoms with Gasteiger partial charge in [0, 0.05) is 6.07 Å². The molecule has 27 heavy (non-hydrogen) atoms. The van der Waals surface area contributed by atoms with E-state index in [1.54, 1.807) is 0 Å². The van der Waals surface area contributed by atoms with E-state index >= 15 is 0 Å². The predicted molar refractivity (Wildman–Crippen MR) is 79.8 cm³/mol. The Morgan fingerprint density at radius 1 is 1.04 bits per heavy atom. The first kappa shape index (κ1) is 18.6. The van der Waals surface area contributed by atoms with Gasteiger partial charge in [0.2, 0.25) is 11.6 Å². The highest BCUT2D eigenvalue weighted by Gasteiger charge is 2.35. The molecule has 0 fully saturated rings. The van der Waals surface area contributed by atoms with Gasteiger partial charge in [-0.3, -0.25) is 0 Å². The fraction of sp³-hybridized carbons (Fsp3) is 0.0714. The number of benzene rings is 2. The summed E-state index contributed by atoms with van der Waals surface area (Å²) in [6.45, 7) is 0. The second-order valence-electron chi connectivity index (χ2n) is 4.91. The molecule has 142 valence electrons. The van der Waals surface area contributed by atoms with E-state index in [1.807, 2.05) is 0 Å². The molecular formula is C14H8F4N4O4S. The van der Waals surface area contributed by atoms with Gasteiger partial charge in [-0.15, -0.1) is 5.10 Å². The molecule has 0 unspecified atom stereocenters. The summed E-state index contributed by atoms with van der Waals surface area (Å²) in [6, 6.07) is 5.07. The number of hydrogen-bond acceptors (Lipinski definition) is 7. The van der Waals surface area contributed by atoms with Crippen molar-refractivity contribution in [1.29, 1.82) is 0 Å². The average Bonchev–Trinajstić information content (AvgIpc) is 3.15. The molecule has 2 aromatic carbocycles. The summed E-state index contributed by atoms with van der Waals surface area (Å²) in [5, 5.41) is 10.3. The second kappa shape index (κ2) is 6.83. The highest BCUT2D eigenvalue weighted by Crippen LogP contribution is 2.33. The van der Waals surface area contributed by atoms with Crippen LogP contribution in [0.3, 0.4) is 0 Å². The fourth-order valence-corrected chi connectivity index (χ4v) is 3.17. The first-order chi connectivity index (χ1) is 12.8. The smallest absolute Gasteiger partial charge is 0.345 e. The number of tetrazole rings is 1. The minimum atomic E-state index is -5.28. The normalized spacial score (nSPS) is 11.4. The van der Waals surface area contributed by atoms with Crippen molar-refractivity contribution in [1.82, 2.24) is 20.2 Å². The van der Waals surface area contributed by atoms with Crippen LogP contribution in [-0.2, 0) is 10.1 Å². The molecule has 1 aromatic heterocycles. The summed E-state index contributed by atoms with van der Waals surface area (Å²) < 4.78 is 90.0. The van der Waals surface area contributed by atoms with E-state index in [0.717, 1.165) is 23.9 Å². The molecule has 0 saturated carbocycles. The molecule has 0 aliphatic carbocycles. The number of nitrogens with zero attached hydrogens (tertiary/aromatic N) is 4. The predicted octanol–water partition coefficient (Wildman–Crippen LogP) is 2.00.